The van der Waals surface area contributed by atoms with Crippen LogP contribution in [0.25, 0.3) is 11.5 Å². The summed E-state index contributed by atoms with van der Waals surface area (Å²) < 4.78 is 10.9. The zero-order valence-corrected chi connectivity index (χ0v) is 16.8. The average molecular weight is 412 g/mol. The highest BCUT2D eigenvalue weighted by Gasteiger charge is 2.12. The number of anilines is 1. The van der Waals surface area contributed by atoms with Gasteiger partial charge < -0.3 is 19.8 Å². The van der Waals surface area contributed by atoms with Gasteiger partial charge in [0.25, 0.3) is 5.22 Å². The molecule has 8 nitrogen and oxygen atoms in total. The molecule has 0 aliphatic heterocycles. The number of methoxy groups -OCH3 is 1. The molecule has 1 heterocycles. The molecule has 29 heavy (non-hydrogen) atoms. The van der Waals surface area contributed by atoms with Crippen LogP contribution in [0.2, 0.25) is 0 Å². The molecule has 2 N–H and O–H groups in total. The predicted octanol–water partition coefficient (Wildman–Crippen LogP) is 3.11. The molecule has 0 bridgehead atoms. The molecule has 0 aliphatic carbocycles. The molecule has 3 aromatic rings. The molecule has 0 saturated carbocycles. The van der Waals surface area contributed by atoms with Crippen molar-refractivity contribution < 1.29 is 18.7 Å². The number of ether oxygens (including phenoxy) is 1. The molecule has 0 saturated heterocycles. The first-order valence-corrected chi connectivity index (χ1v) is 9.76. The third-order valence-corrected chi connectivity index (χ3v) is 4.65. The summed E-state index contributed by atoms with van der Waals surface area (Å²) in [5, 5.41) is 13.8. The lowest BCUT2D eigenvalue weighted by Crippen LogP contribution is -2.25. The van der Waals surface area contributed by atoms with Gasteiger partial charge in [0.1, 0.15) is 5.75 Å². The Kier molecular flexibility index (Phi) is 6.85. The lowest BCUT2D eigenvalue weighted by Gasteiger charge is -2.12. The van der Waals surface area contributed by atoms with Gasteiger partial charge >= 0.3 is 0 Å². The third-order valence-electron chi connectivity index (χ3n) is 3.83. The van der Waals surface area contributed by atoms with Gasteiger partial charge in [-0.3, -0.25) is 9.59 Å². The van der Waals surface area contributed by atoms with Crippen molar-refractivity contribution in [3.8, 4) is 17.2 Å². The van der Waals surface area contributed by atoms with E-state index >= 15 is 0 Å². The van der Waals surface area contributed by atoms with E-state index in [9.17, 15) is 9.59 Å². The van der Waals surface area contributed by atoms with Crippen molar-refractivity contribution in [1.82, 2.24) is 15.5 Å². The molecular weight excluding hydrogens is 392 g/mol. The number of hydrogen-bond donors (Lipinski definition) is 2. The number of thioether (sulfide) groups is 1. The van der Waals surface area contributed by atoms with Gasteiger partial charge in [-0.25, -0.2) is 0 Å². The molecule has 0 spiro atoms. The van der Waals surface area contributed by atoms with Crippen LogP contribution in [0, 0.1) is 0 Å². The number of benzene rings is 2. The topological polar surface area (TPSA) is 106 Å². The predicted molar refractivity (Wildman–Crippen MR) is 110 cm³/mol. The zero-order valence-electron chi connectivity index (χ0n) is 16.0. The number of amides is 2. The van der Waals surface area contributed by atoms with Gasteiger partial charge in [0.15, 0.2) is 0 Å². The van der Waals surface area contributed by atoms with Crippen LogP contribution in [-0.2, 0) is 16.1 Å². The summed E-state index contributed by atoms with van der Waals surface area (Å²) in [7, 11) is 1.55. The molecule has 2 aromatic carbocycles. The number of nitrogens with zero attached hydrogens (tertiary/aromatic N) is 2. The Balaban J connectivity index is 1.54. The average Bonchev–Trinajstić information content (AvgIpc) is 3.20. The van der Waals surface area contributed by atoms with Crippen molar-refractivity contribution >= 4 is 29.3 Å². The second-order valence-corrected chi connectivity index (χ2v) is 6.94. The van der Waals surface area contributed by atoms with Gasteiger partial charge in [-0.1, -0.05) is 30.0 Å². The number of nitrogens with one attached hydrogen (secondary N) is 2. The summed E-state index contributed by atoms with van der Waals surface area (Å²) >= 11 is 1.16. The minimum atomic E-state index is -0.193. The first-order valence-electron chi connectivity index (χ1n) is 8.78. The first-order chi connectivity index (χ1) is 14.0. The monoisotopic (exact) mass is 412 g/mol. The van der Waals surface area contributed by atoms with Gasteiger partial charge in [0.05, 0.1) is 12.9 Å². The van der Waals surface area contributed by atoms with Crippen LogP contribution in [-0.4, -0.2) is 34.9 Å². The number of hydrogen-bond acceptors (Lipinski definition) is 7. The molecule has 9 heteroatoms. The quantitative estimate of drug-likeness (QED) is 0.548. The summed E-state index contributed by atoms with van der Waals surface area (Å²) in [6.45, 7) is 1.69. The number of carbonyl (C=O) groups excluding carboxylic acids is 2. The Bertz CT molecular complexity index is 991. The Morgan fingerprint density at radius 2 is 1.93 bits per heavy atom. The van der Waals surface area contributed by atoms with Crippen molar-refractivity contribution in [2.75, 3.05) is 18.2 Å². The zero-order chi connectivity index (χ0) is 20.6. The lowest BCUT2D eigenvalue weighted by molar-refractivity contribution is -0.118. The number of aromatic nitrogens is 2. The summed E-state index contributed by atoms with van der Waals surface area (Å²) in [6.07, 6.45) is 0. The lowest BCUT2D eigenvalue weighted by atomic mass is 10.1. The van der Waals surface area contributed by atoms with Gasteiger partial charge in [0.2, 0.25) is 17.7 Å². The highest BCUT2D eigenvalue weighted by atomic mass is 32.2. The molecule has 3 rings (SSSR count). The van der Waals surface area contributed by atoms with Crippen LogP contribution in [0.4, 0.5) is 5.69 Å². The fraction of sp³-hybridized carbons (Fsp3) is 0.200. The highest BCUT2D eigenvalue weighted by Crippen LogP contribution is 2.24. The summed E-state index contributed by atoms with van der Waals surface area (Å²) in [6, 6.07) is 14.7. The summed E-state index contributed by atoms with van der Waals surface area (Å²) in [4.78, 5) is 23.4. The van der Waals surface area contributed by atoms with E-state index in [1.165, 1.54) is 6.92 Å². The van der Waals surface area contributed by atoms with E-state index in [2.05, 4.69) is 20.8 Å². The maximum absolute atomic E-state index is 12.2. The largest absolute Gasteiger partial charge is 0.496 e. The first kappa shape index (κ1) is 20.4. The van der Waals surface area contributed by atoms with Crippen LogP contribution >= 0.6 is 11.8 Å². The minimum Gasteiger partial charge on any atom is -0.496 e. The van der Waals surface area contributed by atoms with Crippen molar-refractivity contribution in [2.45, 2.75) is 18.7 Å². The van der Waals surface area contributed by atoms with E-state index in [1.807, 2.05) is 30.3 Å². The van der Waals surface area contributed by atoms with Crippen LogP contribution < -0.4 is 15.4 Å². The standard InChI is InChI=1S/C20H20N4O4S/c1-13(25)22-16-8-9-17(27-2)15(10-16)11-21-18(26)12-29-20-24-23-19(28-20)14-6-4-3-5-7-14/h3-10H,11-12H2,1-2H3,(H,21,26)(H,22,25). The Morgan fingerprint density at radius 1 is 1.14 bits per heavy atom. The molecule has 0 unspecified atom stereocenters. The Hall–Kier alpha value is -3.33. The smallest absolute Gasteiger partial charge is 0.277 e. The molecule has 2 amide bonds. The number of rotatable bonds is 8. The van der Waals surface area contributed by atoms with Crippen LogP contribution in [0.15, 0.2) is 58.2 Å². The minimum absolute atomic E-state index is 0.129. The fourth-order valence-corrected chi connectivity index (χ4v) is 3.13. The molecule has 0 fully saturated rings. The van der Waals surface area contributed by atoms with Gasteiger partial charge in [-0.05, 0) is 30.3 Å². The van der Waals surface area contributed by atoms with Crippen molar-refractivity contribution in [1.29, 1.82) is 0 Å². The molecule has 0 radical (unpaired) electrons. The van der Waals surface area contributed by atoms with E-state index in [0.717, 1.165) is 22.9 Å². The van der Waals surface area contributed by atoms with Crippen LogP contribution in [0.1, 0.15) is 12.5 Å². The SMILES string of the molecule is COc1ccc(NC(C)=O)cc1CNC(=O)CSc1nnc(-c2ccccc2)o1. The molecule has 0 atom stereocenters. The highest BCUT2D eigenvalue weighted by molar-refractivity contribution is 7.99. The number of carbonyl (C=O) groups is 2. The third kappa shape index (κ3) is 5.82. The maximum Gasteiger partial charge on any atom is 0.277 e. The van der Waals surface area contributed by atoms with Gasteiger partial charge in [0, 0.05) is 30.3 Å². The van der Waals surface area contributed by atoms with Crippen molar-refractivity contribution in [3.63, 3.8) is 0 Å². The Morgan fingerprint density at radius 3 is 2.66 bits per heavy atom. The molecular formula is C20H20N4O4S. The van der Waals surface area contributed by atoms with E-state index in [1.54, 1.807) is 25.3 Å². The summed E-state index contributed by atoms with van der Waals surface area (Å²) in [5.74, 6) is 0.798. The molecule has 0 aliphatic rings. The van der Waals surface area contributed by atoms with Gasteiger partial charge in [-0.15, -0.1) is 10.2 Å². The van der Waals surface area contributed by atoms with Crippen LogP contribution in [0.3, 0.4) is 0 Å². The molecule has 150 valence electrons. The van der Waals surface area contributed by atoms with E-state index in [4.69, 9.17) is 9.15 Å². The van der Waals surface area contributed by atoms with E-state index < -0.39 is 0 Å². The second-order valence-electron chi connectivity index (χ2n) is 6.01. The fourth-order valence-electron chi connectivity index (χ4n) is 2.54. The van der Waals surface area contributed by atoms with E-state index in [0.29, 0.717) is 22.6 Å². The van der Waals surface area contributed by atoms with Crippen molar-refractivity contribution in [2.24, 2.45) is 0 Å². The normalized spacial score (nSPS) is 10.4. The second kappa shape index (κ2) is 9.74. The van der Waals surface area contributed by atoms with Crippen molar-refractivity contribution in [3.05, 3.63) is 54.1 Å². The Labute approximate surface area is 172 Å². The maximum atomic E-state index is 12.2. The molecule has 1 aromatic heterocycles. The van der Waals surface area contributed by atoms with Gasteiger partial charge in [-0.2, -0.15) is 0 Å². The van der Waals surface area contributed by atoms with E-state index in [-0.39, 0.29) is 24.1 Å². The summed E-state index contributed by atoms with van der Waals surface area (Å²) in [5.41, 5.74) is 2.21. The van der Waals surface area contributed by atoms with Crippen LogP contribution in [0.5, 0.6) is 5.75 Å².